The summed E-state index contributed by atoms with van der Waals surface area (Å²) in [6.07, 6.45) is 0. The summed E-state index contributed by atoms with van der Waals surface area (Å²) < 4.78 is 13.6. The molecule has 0 unspecified atom stereocenters. The van der Waals surface area contributed by atoms with Crippen LogP contribution in [0.2, 0.25) is 0 Å². The molecular formula is C15H15FN2O. The van der Waals surface area contributed by atoms with Crippen LogP contribution in [-0.4, -0.2) is 5.91 Å². The highest BCUT2D eigenvalue weighted by atomic mass is 19.1. The average molecular weight is 258 g/mol. The first kappa shape index (κ1) is 13.1. The molecule has 4 heteroatoms. The number of nitrogen functional groups attached to an aromatic ring is 1. The molecule has 2 aromatic rings. The van der Waals surface area contributed by atoms with Crippen molar-refractivity contribution in [1.82, 2.24) is 0 Å². The lowest BCUT2D eigenvalue weighted by atomic mass is 10.1. The number of carbonyl (C=O) groups excluding carboxylic acids is 1. The molecule has 3 N–H and O–H groups in total. The number of hydrogen-bond donors (Lipinski definition) is 2. The van der Waals surface area contributed by atoms with Crippen LogP contribution in [0.4, 0.5) is 15.8 Å². The van der Waals surface area contributed by atoms with Gasteiger partial charge in [0.15, 0.2) is 0 Å². The summed E-state index contributed by atoms with van der Waals surface area (Å²) in [5.41, 5.74) is 8.39. The molecule has 0 fully saturated rings. The van der Waals surface area contributed by atoms with Crippen molar-refractivity contribution in [1.29, 1.82) is 0 Å². The molecule has 0 aliphatic rings. The first-order chi connectivity index (χ1) is 8.95. The van der Waals surface area contributed by atoms with Gasteiger partial charge >= 0.3 is 0 Å². The molecule has 0 spiro atoms. The minimum absolute atomic E-state index is 0.123. The molecule has 0 aromatic heterocycles. The van der Waals surface area contributed by atoms with Gasteiger partial charge in [0.25, 0.3) is 5.91 Å². The zero-order valence-corrected chi connectivity index (χ0v) is 10.8. The number of carbonyl (C=O) groups is 1. The fourth-order valence-electron chi connectivity index (χ4n) is 1.93. The van der Waals surface area contributed by atoms with Gasteiger partial charge in [0, 0.05) is 11.3 Å². The molecule has 0 radical (unpaired) electrons. The van der Waals surface area contributed by atoms with E-state index in [1.165, 1.54) is 12.1 Å². The fourth-order valence-corrected chi connectivity index (χ4v) is 1.93. The van der Waals surface area contributed by atoms with Crippen LogP contribution < -0.4 is 11.1 Å². The monoisotopic (exact) mass is 258 g/mol. The molecule has 0 atom stereocenters. The number of anilines is 2. The SMILES string of the molecule is Cc1cc(C)cc(C(=O)Nc2ccc(N)cc2F)c1. The van der Waals surface area contributed by atoms with Gasteiger partial charge in [-0.1, -0.05) is 17.2 Å². The Bertz CT molecular complexity index is 618. The number of nitrogens with two attached hydrogens (primary N) is 1. The molecular weight excluding hydrogens is 243 g/mol. The molecule has 2 aromatic carbocycles. The summed E-state index contributed by atoms with van der Waals surface area (Å²) in [6.45, 7) is 3.82. The minimum atomic E-state index is -0.544. The Balaban J connectivity index is 2.25. The molecule has 0 heterocycles. The summed E-state index contributed by atoms with van der Waals surface area (Å²) >= 11 is 0. The Labute approximate surface area is 111 Å². The van der Waals surface area contributed by atoms with Crippen molar-refractivity contribution in [3.05, 3.63) is 58.9 Å². The first-order valence-corrected chi connectivity index (χ1v) is 5.90. The standard InChI is InChI=1S/C15H15FN2O/c1-9-5-10(2)7-11(6-9)15(19)18-14-4-3-12(17)8-13(14)16/h3-8H,17H2,1-2H3,(H,18,19). The third-order valence-corrected chi connectivity index (χ3v) is 2.73. The Morgan fingerprint density at radius 2 is 1.74 bits per heavy atom. The van der Waals surface area contributed by atoms with Gasteiger partial charge in [0.1, 0.15) is 5.82 Å². The van der Waals surface area contributed by atoms with Crippen LogP contribution in [-0.2, 0) is 0 Å². The Hall–Kier alpha value is -2.36. The summed E-state index contributed by atoms with van der Waals surface area (Å²) in [7, 11) is 0. The molecule has 0 aliphatic heterocycles. The second-order valence-corrected chi connectivity index (χ2v) is 4.57. The molecule has 3 nitrogen and oxygen atoms in total. The summed E-state index contributed by atoms with van der Waals surface area (Å²) in [4.78, 5) is 12.0. The van der Waals surface area contributed by atoms with Gasteiger partial charge in [-0.2, -0.15) is 0 Å². The molecule has 0 saturated carbocycles. The van der Waals surface area contributed by atoms with Crippen LogP contribution in [0.1, 0.15) is 21.5 Å². The predicted octanol–water partition coefficient (Wildman–Crippen LogP) is 3.28. The highest BCUT2D eigenvalue weighted by Crippen LogP contribution is 2.18. The second kappa shape index (κ2) is 5.10. The molecule has 2 rings (SSSR count). The van der Waals surface area contributed by atoms with Gasteiger partial charge in [0.05, 0.1) is 5.69 Å². The summed E-state index contributed by atoms with van der Waals surface area (Å²) in [5.74, 6) is -0.881. The van der Waals surface area contributed by atoms with Crippen molar-refractivity contribution in [3.63, 3.8) is 0 Å². The van der Waals surface area contributed by atoms with E-state index in [0.717, 1.165) is 11.1 Å². The van der Waals surface area contributed by atoms with Crippen LogP contribution in [0.5, 0.6) is 0 Å². The van der Waals surface area contributed by atoms with Crippen molar-refractivity contribution >= 4 is 17.3 Å². The van der Waals surface area contributed by atoms with Gasteiger partial charge < -0.3 is 11.1 Å². The number of aryl methyl sites for hydroxylation is 2. The van der Waals surface area contributed by atoms with E-state index in [1.54, 1.807) is 18.2 Å². The molecule has 0 bridgehead atoms. The summed E-state index contributed by atoms with van der Waals surface area (Å²) in [6, 6.07) is 9.66. The third-order valence-electron chi connectivity index (χ3n) is 2.73. The number of halogens is 1. The zero-order chi connectivity index (χ0) is 14.0. The van der Waals surface area contributed by atoms with E-state index in [2.05, 4.69) is 5.32 Å². The van der Waals surface area contributed by atoms with Crippen molar-refractivity contribution in [2.75, 3.05) is 11.1 Å². The Kier molecular flexibility index (Phi) is 3.51. The quantitative estimate of drug-likeness (QED) is 0.812. The lowest BCUT2D eigenvalue weighted by Gasteiger charge is -2.08. The van der Waals surface area contributed by atoms with Gasteiger partial charge in [-0.15, -0.1) is 0 Å². The highest BCUT2D eigenvalue weighted by Gasteiger charge is 2.10. The summed E-state index contributed by atoms with van der Waals surface area (Å²) in [5, 5.41) is 2.54. The maximum Gasteiger partial charge on any atom is 0.255 e. The normalized spacial score (nSPS) is 10.3. The second-order valence-electron chi connectivity index (χ2n) is 4.57. The lowest BCUT2D eigenvalue weighted by molar-refractivity contribution is 0.102. The van der Waals surface area contributed by atoms with Crippen LogP contribution >= 0.6 is 0 Å². The Morgan fingerprint density at radius 3 is 2.32 bits per heavy atom. The van der Waals surface area contributed by atoms with Gasteiger partial charge in [-0.25, -0.2) is 4.39 Å². The smallest absolute Gasteiger partial charge is 0.255 e. The maximum atomic E-state index is 13.6. The number of rotatable bonds is 2. The molecule has 1 amide bonds. The van der Waals surface area contributed by atoms with Gasteiger partial charge in [-0.3, -0.25) is 4.79 Å². The number of hydrogen-bond acceptors (Lipinski definition) is 2. The molecule has 98 valence electrons. The minimum Gasteiger partial charge on any atom is -0.399 e. The van der Waals surface area contributed by atoms with Crippen LogP contribution in [0.25, 0.3) is 0 Å². The number of benzene rings is 2. The van der Waals surface area contributed by atoms with Crippen LogP contribution in [0, 0.1) is 19.7 Å². The molecule has 0 saturated heterocycles. The highest BCUT2D eigenvalue weighted by molar-refractivity contribution is 6.04. The largest absolute Gasteiger partial charge is 0.399 e. The fraction of sp³-hybridized carbons (Fsp3) is 0.133. The first-order valence-electron chi connectivity index (χ1n) is 5.90. The zero-order valence-electron chi connectivity index (χ0n) is 10.8. The van der Waals surface area contributed by atoms with Crippen LogP contribution in [0.3, 0.4) is 0 Å². The van der Waals surface area contributed by atoms with Crippen LogP contribution in [0.15, 0.2) is 36.4 Å². The Morgan fingerprint density at radius 1 is 1.11 bits per heavy atom. The van der Waals surface area contributed by atoms with Crippen molar-refractivity contribution in [3.8, 4) is 0 Å². The van der Waals surface area contributed by atoms with Gasteiger partial charge in [-0.05, 0) is 44.2 Å². The topological polar surface area (TPSA) is 55.1 Å². The number of amides is 1. The van der Waals surface area contributed by atoms with Crippen molar-refractivity contribution in [2.45, 2.75) is 13.8 Å². The maximum absolute atomic E-state index is 13.6. The third kappa shape index (κ3) is 3.10. The average Bonchev–Trinajstić information content (AvgIpc) is 2.31. The van der Waals surface area contributed by atoms with Gasteiger partial charge in [0.2, 0.25) is 0 Å². The van der Waals surface area contributed by atoms with E-state index in [-0.39, 0.29) is 11.6 Å². The lowest BCUT2D eigenvalue weighted by Crippen LogP contribution is -2.13. The van der Waals surface area contributed by atoms with Crippen molar-refractivity contribution in [2.24, 2.45) is 0 Å². The molecule has 19 heavy (non-hydrogen) atoms. The molecule has 0 aliphatic carbocycles. The van der Waals surface area contributed by atoms with Crippen molar-refractivity contribution < 1.29 is 9.18 Å². The number of nitrogens with one attached hydrogen (secondary N) is 1. The predicted molar refractivity (Wildman–Crippen MR) is 74.7 cm³/mol. The van der Waals surface area contributed by atoms with E-state index < -0.39 is 5.82 Å². The van der Waals surface area contributed by atoms with E-state index in [0.29, 0.717) is 11.3 Å². The van der Waals surface area contributed by atoms with E-state index in [1.807, 2.05) is 19.9 Å². The van der Waals surface area contributed by atoms with E-state index >= 15 is 0 Å². The van der Waals surface area contributed by atoms with E-state index in [4.69, 9.17) is 5.73 Å². The van der Waals surface area contributed by atoms with E-state index in [9.17, 15) is 9.18 Å².